The Kier molecular flexibility index (Phi) is 6.82. The van der Waals surface area contributed by atoms with E-state index in [0.717, 1.165) is 30.6 Å². The normalized spacial score (nSPS) is 18.3. The van der Waals surface area contributed by atoms with Gasteiger partial charge in [0.15, 0.2) is 0 Å². The van der Waals surface area contributed by atoms with Gasteiger partial charge in [0.25, 0.3) is 0 Å². The number of nitrogens with zero attached hydrogens (tertiary/aromatic N) is 2. The molecule has 0 unspecified atom stereocenters. The lowest BCUT2D eigenvalue weighted by molar-refractivity contribution is -0.134. The minimum absolute atomic E-state index is 0.0238. The summed E-state index contributed by atoms with van der Waals surface area (Å²) in [4.78, 5) is 29.3. The summed E-state index contributed by atoms with van der Waals surface area (Å²) in [5.41, 5.74) is 1.94. The number of benzene rings is 2. The van der Waals surface area contributed by atoms with Crippen molar-refractivity contribution in [2.24, 2.45) is 5.92 Å². The van der Waals surface area contributed by atoms with Crippen molar-refractivity contribution in [1.82, 2.24) is 9.80 Å². The molecule has 0 aromatic heterocycles. The number of hydrogen-bond donors (Lipinski definition) is 1. The topological polar surface area (TPSA) is 52.7 Å². The Morgan fingerprint density at radius 2 is 1.75 bits per heavy atom. The summed E-state index contributed by atoms with van der Waals surface area (Å²) in [6, 6.07) is 19.6. The summed E-state index contributed by atoms with van der Waals surface area (Å²) in [6.45, 7) is 3.87. The van der Waals surface area contributed by atoms with Crippen LogP contribution in [0, 0.1) is 5.92 Å². The van der Waals surface area contributed by atoms with Crippen molar-refractivity contribution < 1.29 is 9.59 Å². The lowest BCUT2D eigenvalue weighted by atomic mass is 9.97. The summed E-state index contributed by atoms with van der Waals surface area (Å²) in [7, 11) is 1.85. The van der Waals surface area contributed by atoms with Crippen molar-refractivity contribution in [2.45, 2.75) is 25.8 Å². The number of carbonyl (C=O) groups excluding carboxylic acids is 2. The first-order valence-corrected chi connectivity index (χ1v) is 9.93. The molecule has 3 rings (SSSR count). The van der Waals surface area contributed by atoms with Crippen LogP contribution in [0.3, 0.4) is 0 Å². The van der Waals surface area contributed by atoms with Gasteiger partial charge in [-0.05, 0) is 44.0 Å². The van der Waals surface area contributed by atoms with E-state index in [2.05, 4.69) is 10.2 Å². The van der Waals surface area contributed by atoms with E-state index in [0.29, 0.717) is 13.1 Å². The predicted molar refractivity (Wildman–Crippen MR) is 112 cm³/mol. The van der Waals surface area contributed by atoms with Gasteiger partial charge in [-0.25, -0.2) is 0 Å². The fourth-order valence-corrected chi connectivity index (χ4v) is 3.65. The third-order valence-corrected chi connectivity index (χ3v) is 5.53. The van der Waals surface area contributed by atoms with E-state index in [9.17, 15) is 9.59 Å². The smallest absolute Gasteiger partial charge is 0.236 e. The molecule has 1 saturated heterocycles. The molecule has 0 saturated carbocycles. The largest absolute Gasteiger partial charge is 0.338 e. The standard InChI is InChI=1S/C23H29N3O2/c1-18(19-10-5-3-6-11-19)25(2)22(27)17-26-15-9-12-20(16-26)23(28)24-21-13-7-4-8-14-21/h3-8,10-11,13-14,18,20H,9,12,15-17H2,1-2H3,(H,24,28)/t18-,20+/m1/s1. The number of anilines is 1. The Bertz CT molecular complexity index is 779. The maximum Gasteiger partial charge on any atom is 0.236 e. The van der Waals surface area contributed by atoms with Gasteiger partial charge in [-0.2, -0.15) is 0 Å². The van der Waals surface area contributed by atoms with Crippen LogP contribution in [0.1, 0.15) is 31.4 Å². The Morgan fingerprint density at radius 3 is 2.43 bits per heavy atom. The van der Waals surface area contributed by atoms with E-state index in [-0.39, 0.29) is 23.8 Å². The van der Waals surface area contributed by atoms with Crippen LogP contribution < -0.4 is 5.32 Å². The predicted octanol–water partition coefficient (Wildman–Crippen LogP) is 3.56. The summed E-state index contributed by atoms with van der Waals surface area (Å²) in [5.74, 6) is 0.0356. The minimum Gasteiger partial charge on any atom is -0.338 e. The van der Waals surface area contributed by atoms with E-state index in [1.807, 2.05) is 74.6 Å². The molecule has 0 bridgehead atoms. The van der Waals surface area contributed by atoms with Gasteiger partial charge in [-0.15, -0.1) is 0 Å². The highest BCUT2D eigenvalue weighted by Gasteiger charge is 2.28. The van der Waals surface area contributed by atoms with Gasteiger partial charge in [0.2, 0.25) is 11.8 Å². The van der Waals surface area contributed by atoms with Crippen LogP contribution in [-0.2, 0) is 9.59 Å². The molecule has 0 aliphatic carbocycles. The molecule has 1 aliphatic rings. The highest BCUT2D eigenvalue weighted by molar-refractivity contribution is 5.92. The first kappa shape index (κ1) is 20.1. The Balaban J connectivity index is 1.54. The molecule has 0 radical (unpaired) electrons. The SMILES string of the molecule is C[C@H](c1ccccc1)N(C)C(=O)CN1CCC[C@H](C(=O)Nc2ccccc2)C1. The van der Waals surface area contributed by atoms with Crippen molar-refractivity contribution in [1.29, 1.82) is 0 Å². The number of para-hydroxylation sites is 1. The lowest BCUT2D eigenvalue weighted by Crippen LogP contribution is -2.46. The molecule has 5 nitrogen and oxygen atoms in total. The second-order valence-corrected chi connectivity index (χ2v) is 7.52. The summed E-state index contributed by atoms with van der Waals surface area (Å²) >= 11 is 0. The van der Waals surface area contributed by atoms with E-state index < -0.39 is 0 Å². The lowest BCUT2D eigenvalue weighted by Gasteiger charge is -2.33. The second kappa shape index (κ2) is 9.51. The molecule has 2 aromatic carbocycles. The van der Waals surface area contributed by atoms with Gasteiger partial charge >= 0.3 is 0 Å². The first-order chi connectivity index (χ1) is 13.5. The summed E-state index contributed by atoms with van der Waals surface area (Å²) in [5, 5.41) is 2.99. The summed E-state index contributed by atoms with van der Waals surface area (Å²) < 4.78 is 0. The van der Waals surface area contributed by atoms with E-state index >= 15 is 0 Å². The molecular weight excluding hydrogens is 350 g/mol. The van der Waals surface area contributed by atoms with E-state index in [1.165, 1.54) is 0 Å². The maximum atomic E-state index is 12.8. The van der Waals surface area contributed by atoms with Crippen LogP contribution in [0.4, 0.5) is 5.69 Å². The van der Waals surface area contributed by atoms with Gasteiger partial charge in [0, 0.05) is 19.3 Å². The fourth-order valence-electron chi connectivity index (χ4n) is 3.65. The fraction of sp³-hybridized carbons (Fsp3) is 0.391. The van der Waals surface area contributed by atoms with Gasteiger partial charge < -0.3 is 10.2 Å². The van der Waals surface area contributed by atoms with E-state index in [4.69, 9.17) is 0 Å². The molecule has 0 spiro atoms. The number of amides is 2. The number of likely N-dealkylation sites (N-methyl/N-ethyl adjacent to an activating group) is 1. The number of hydrogen-bond acceptors (Lipinski definition) is 3. The number of likely N-dealkylation sites (tertiary alicyclic amines) is 1. The highest BCUT2D eigenvalue weighted by Crippen LogP contribution is 2.21. The van der Waals surface area contributed by atoms with Gasteiger partial charge in [0.1, 0.15) is 0 Å². The number of piperidine rings is 1. The van der Waals surface area contributed by atoms with Crippen LogP contribution in [0.25, 0.3) is 0 Å². The summed E-state index contributed by atoms with van der Waals surface area (Å²) in [6.07, 6.45) is 1.79. The van der Waals surface area contributed by atoms with Crippen molar-refractivity contribution in [3.05, 3.63) is 66.2 Å². The molecule has 1 N–H and O–H groups in total. The zero-order valence-electron chi connectivity index (χ0n) is 16.7. The Hall–Kier alpha value is -2.66. The van der Waals surface area contributed by atoms with Crippen LogP contribution in [0.2, 0.25) is 0 Å². The van der Waals surface area contributed by atoms with Crippen LogP contribution in [-0.4, -0.2) is 48.3 Å². The van der Waals surface area contributed by atoms with Crippen molar-refractivity contribution in [3.8, 4) is 0 Å². The number of carbonyl (C=O) groups is 2. The Morgan fingerprint density at radius 1 is 1.11 bits per heavy atom. The van der Waals surface area contributed by atoms with Crippen LogP contribution in [0.15, 0.2) is 60.7 Å². The average Bonchev–Trinajstić information content (AvgIpc) is 2.74. The second-order valence-electron chi connectivity index (χ2n) is 7.52. The number of rotatable bonds is 6. The van der Waals surface area contributed by atoms with Crippen LogP contribution in [0.5, 0.6) is 0 Å². The van der Waals surface area contributed by atoms with Gasteiger partial charge in [-0.1, -0.05) is 48.5 Å². The first-order valence-electron chi connectivity index (χ1n) is 9.93. The average molecular weight is 380 g/mol. The molecule has 2 amide bonds. The van der Waals surface area contributed by atoms with Crippen molar-refractivity contribution >= 4 is 17.5 Å². The molecule has 1 aliphatic heterocycles. The monoisotopic (exact) mass is 379 g/mol. The van der Waals surface area contributed by atoms with Crippen LogP contribution >= 0.6 is 0 Å². The molecule has 5 heteroatoms. The molecule has 2 aromatic rings. The molecule has 148 valence electrons. The molecule has 28 heavy (non-hydrogen) atoms. The third kappa shape index (κ3) is 5.20. The molecular formula is C23H29N3O2. The number of nitrogens with one attached hydrogen (secondary N) is 1. The molecule has 1 heterocycles. The molecule has 2 atom stereocenters. The Labute approximate surface area is 167 Å². The maximum absolute atomic E-state index is 12.8. The highest BCUT2D eigenvalue weighted by atomic mass is 16.2. The quantitative estimate of drug-likeness (QED) is 0.835. The van der Waals surface area contributed by atoms with Crippen molar-refractivity contribution in [3.63, 3.8) is 0 Å². The zero-order chi connectivity index (χ0) is 19.9. The minimum atomic E-state index is -0.0846. The third-order valence-electron chi connectivity index (χ3n) is 5.53. The van der Waals surface area contributed by atoms with Gasteiger partial charge in [-0.3, -0.25) is 14.5 Å². The zero-order valence-corrected chi connectivity index (χ0v) is 16.7. The van der Waals surface area contributed by atoms with E-state index in [1.54, 1.807) is 4.90 Å². The molecule has 1 fully saturated rings. The van der Waals surface area contributed by atoms with Crippen molar-refractivity contribution in [2.75, 3.05) is 32.0 Å². The van der Waals surface area contributed by atoms with Gasteiger partial charge in [0.05, 0.1) is 18.5 Å².